The summed E-state index contributed by atoms with van der Waals surface area (Å²) in [4.78, 5) is 17.2. The summed E-state index contributed by atoms with van der Waals surface area (Å²) < 4.78 is 7.26. The van der Waals surface area contributed by atoms with Gasteiger partial charge in [0.15, 0.2) is 0 Å². The van der Waals surface area contributed by atoms with Gasteiger partial charge in [-0.1, -0.05) is 24.3 Å². The van der Waals surface area contributed by atoms with E-state index >= 15 is 0 Å². The van der Waals surface area contributed by atoms with Gasteiger partial charge in [-0.3, -0.25) is 4.79 Å². The third kappa shape index (κ3) is 3.72. The van der Waals surface area contributed by atoms with Crippen molar-refractivity contribution < 1.29 is 9.53 Å². The molecule has 0 aliphatic heterocycles. The molecule has 0 spiro atoms. The quantitative estimate of drug-likeness (QED) is 0.723. The average molecular weight is 361 g/mol. The molecule has 0 radical (unpaired) electrons. The van der Waals surface area contributed by atoms with Crippen LogP contribution in [0, 0.1) is 5.92 Å². The van der Waals surface area contributed by atoms with E-state index in [1.165, 1.54) is 0 Å². The molecule has 1 amide bonds. The molecule has 3 aromatic rings. The first-order valence-electron chi connectivity index (χ1n) is 9.18. The number of nitrogens with one attached hydrogen (secondary N) is 1. The third-order valence-electron chi connectivity index (χ3n) is 5.07. The van der Waals surface area contributed by atoms with Crippen molar-refractivity contribution in [3.63, 3.8) is 0 Å². The van der Waals surface area contributed by atoms with E-state index in [-0.39, 0.29) is 11.9 Å². The van der Waals surface area contributed by atoms with Crippen molar-refractivity contribution in [2.45, 2.75) is 18.9 Å². The zero-order valence-corrected chi connectivity index (χ0v) is 15.6. The van der Waals surface area contributed by atoms with Crippen LogP contribution in [-0.2, 0) is 7.05 Å². The van der Waals surface area contributed by atoms with Gasteiger partial charge in [0.25, 0.3) is 5.91 Å². The molecule has 1 saturated carbocycles. The first-order valence-corrected chi connectivity index (χ1v) is 9.18. The normalized spacial score (nSPS) is 14.6. The zero-order chi connectivity index (χ0) is 18.8. The van der Waals surface area contributed by atoms with E-state index in [4.69, 9.17) is 4.74 Å². The van der Waals surface area contributed by atoms with Gasteiger partial charge in [-0.25, -0.2) is 4.98 Å². The van der Waals surface area contributed by atoms with Crippen molar-refractivity contribution in [3.05, 3.63) is 72.3 Å². The third-order valence-corrected chi connectivity index (χ3v) is 5.07. The van der Waals surface area contributed by atoms with Gasteiger partial charge in [0.2, 0.25) is 0 Å². The van der Waals surface area contributed by atoms with Gasteiger partial charge in [0.05, 0.1) is 13.2 Å². The van der Waals surface area contributed by atoms with E-state index in [0.717, 1.165) is 35.5 Å². The fraction of sp³-hybridized carbons (Fsp3) is 0.273. The number of hydrogen-bond acceptors (Lipinski definition) is 3. The van der Waals surface area contributed by atoms with Crippen molar-refractivity contribution in [3.8, 4) is 16.9 Å². The minimum Gasteiger partial charge on any atom is -0.497 e. The molecular formula is C22H23N3O2. The minimum absolute atomic E-state index is 0.0319. The highest BCUT2D eigenvalue weighted by Gasteiger charge is 2.35. The Bertz CT molecular complexity index is 942. The van der Waals surface area contributed by atoms with Crippen LogP contribution in [0.5, 0.6) is 5.75 Å². The van der Waals surface area contributed by atoms with Crippen molar-refractivity contribution >= 4 is 5.91 Å². The van der Waals surface area contributed by atoms with E-state index in [0.29, 0.717) is 11.5 Å². The van der Waals surface area contributed by atoms with E-state index in [2.05, 4.69) is 10.3 Å². The second kappa shape index (κ2) is 7.27. The summed E-state index contributed by atoms with van der Waals surface area (Å²) in [5.41, 5.74) is 2.76. The molecule has 5 heteroatoms. The topological polar surface area (TPSA) is 56.1 Å². The number of imidazole rings is 1. The Morgan fingerprint density at radius 3 is 2.59 bits per heavy atom. The van der Waals surface area contributed by atoms with Crippen LogP contribution in [0.4, 0.5) is 0 Å². The summed E-state index contributed by atoms with van der Waals surface area (Å²) in [6, 6.07) is 15.5. The van der Waals surface area contributed by atoms with E-state index < -0.39 is 0 Å². The largest absolute Gasteiger partial charge is 0.497 e. The number of aromatic nitrogens is 2. The van der Waals surface area contributed by atoms with E-state index in [1.54, 1.807) is 13.3 Å². The number of carbonyl (C=O) groups is 1. The molecule has 27 heavy (non-hydrogen) atoms. The number of hydrogen-bond donors (Lipinski definition) is 1. The maximum absolute atomic E-state index is 12.8. The Kier molecular flexibility index (Phi) is 4.67. The van der Waals surface area contributed by atoms with Gasteiger partial charge in [0, 0.05) is 25.0 Å². The smallest absolute Gasteiger partial charge is 0.251 e. The second-order valence-electron chi connectivity index (χ2n) is 6.99. The molecule has 1 heterocycles. The van der Waals surface area contributed by atoms with Crippen LogP contribution in [-0.4, -0.2) is 22.6 Å². The van der Waals surface area contributed by atoms with Crippen LogP contribution in [0.25, 0.3) is 11.1 Å². The standard InChI is InChI=1S/C22H23N3O2/c1-25-13-12-23-21(25)20(16-8-9-16)24-22(26)17-10-6-15(7-11-17)18-4-3-5-19(14-18)27-2/h3-7,10-14,16,20H,8-9H2,1-2H3,(H,24,26)/t20-/m1/s1. The predicted octanol–water partition coefficient (Wildman–Crippen LogP) is 3.98. The predicted molar refractivity (Wildman–Crippen MR) is 105 cm³/mol. The summed E-state index contributed by atoms with van der Waals surface area (Å²) >= 11 is 0. The number of ether oxygens (including phenoxy) is 1. The number of benzene rings is 2. The molecule has 0 bridgehead atoms. The number of amides is 1. The molecular weight excluding hydrogens is 338 g/mol. The lowest BCUT2D eigenvalue weighted by Gasteiger charge is -2.18. The molecule has 1 atom stereocenters. The molecule has 1 aromatic heterocycles. The lowest BCUT2D eigenvalue weighted by Crippen LogP contribution is -2.31. The van der Waals surface area contributed by atoms with Crippen LogP contribution in [0.15, 0.2) is 60.9 Å². The summed E-state index contributed by atoms with van der Waals surface area (Å²) in [5.74, 6) is 2.15. The highest BCUT2D eigenvalue weighted by molar-refractivity contribution is 5.95. The molecule has 138 valence electrons. The Morgan fingerprint density at radius 1 is 1.19 bits per heavy atom. The van der Waals surface area contributed by atoms with Crippen LogP contribution in [0.3, 0.4) is 0 Å². The molecule has 1 aliphatic carbocycles. The van der Waals surface area contributed by atoms with Crippen LogP contribution in [0.1, 0.15) is 35.1 Å². The van der Waals surface area contributed by atoms with Gasteiger partial charge in [-0.05, 0) is 54.2 Å². The first kappa shape index (κ1) is 17.3. The van der Waals surface area contributed by atoms with Crippen LogP contribution < -0.4 is 10.1 Å². The van der Waals surface area contributed by atoms with Gasteiger partial charge in [-0.15, -0.1) is 0 Å². The Labute approximate surface area is 159 Å². The molecule has 4 rings (SSSR count). The Balaban J connectivity index is 1.51. The number of carbonyl (C=O) groups excluding carboxylic acids is 1. The van der Waals surface area contributed by atoms with Gasteiger partial charge in [-0.2, -0.15) is 0 Å². The van der Waals surface area contributed by atoms with Crippen LogP contribution in [0.2, 0.25) is 0 Å². The molecule has 0 unspecified atom stereocenters. The summed E-state index contributed by atoms with van der Waals surface area (Å²) in [5, 5.41) is 3.17. The van der Waals surface area contributed by atoms with Crippen molar-refractivity contribution in [2.24, 2.45) is 13.0 Å². The lowest BCUT2D eigenvalue weighted by molar-refractivity contribution is 0.0929. The molecule has 1 fully saturated rings. The molecule has 0 saturated heterocycles. The molecule has 1 aliphatic rings. The average Bonchev–Trinajstić information content (AvgIpc) is 3.47. The minimum atomic E-state index is -0.0629. The number of methoxy groups -OCH3 is 1. The zero-order valence-electron chi connectivity index (χ0n) is 15.6. The molecule has 5 nitrogen and oxygen atoms in total. The van der Waals surface area contributed by atoms with Crippen molar-refractivity contribution in [1.29, 1.82) is 0 Å². The maximum atomic E-state index is 12.8. The first-order chi connectivity index (χ1) is 13.2. The van der Waals surface area contributed by atoms with Gasteiger partial charge >= 0.3 is 0 Å². The fourth-order valence-electron chi connectivity index (χ4n) is 3.34. The summed E-state index contributed by atoms with van der Waals surface area (Å²) in [6.45, 7) is 0. The lowest BCUT2D eigenvalue weighted by atomic mass is 10.0. The Hall–Kier alpha value is -3.08. The monoisotopic (exact) mass is 361 g/mol. The van der Waals surface area contributed by atoms with Crippen LogP contribution >= 0.6 is 0 Å². The molecule has 1 N–H and O–H groups in total. The number of aryl methyl sites for hydroxylation is 1. The van der Waals surface area contributed by atoms with E-state index in [1.807, 2.05) is 66.3 Å². The maximum Gasteiger partial charge on any atom is 0.251 e. The Morgan fingerprint density at radius 2 is 1.96 bits per heavy atom. The summed E-state index contributed by atoms with van der Waals surface area (Å²) in [7, 11) is 3.62. The second-order valence-corrected chi connectivity index (χ2v) is 6.99. The molecule has 2 aromatic carbocycles. The highest BCUT2D eigenvalue weighted by atomic mass is 16.5. The number of nitrogens with zero attached hydrogens (tertiary/aromatic N) is 2. The highest BCUT2D eigenvalue weighted by Crippen LogP contribution is 2.40. The van der Waals surface area contributed by atoms with Crippen molar-refractivity contribution in [2.75, 3.05) is 7.11 Å². The van der Waals surface area contributed by atoms with Gasteiger partial charge < -0.3 is 14.6 Å². The summed E-state index contributed by atoms with van der Waals surface area (Å²) in [6.07, 6.45) is 5.96. The SMILES string of the molecule is COc1cccc(-c2ccc(C(=O)N[C@@H](c3nccn3C)C3CC3)cc2)c1. The van der Waals surface area contributed by atoms with E-state index in [9.17, 15) is 4.79 Å². The number of rotatable bonds is 6. The van der Waals surface area contributed by atoms with Gasteiger partial charge in [0.1, 0.15) is 11.6 Å². The fourth-order valence-corrected chi connectivity index (χ4v) is 3.34. The van der Waals surface area contributed by atoms with Crippen molar-refractivity contribution in [1.82, 2.24) is 14.9 Å².